The van der Waals surface area contributed by atoms with Gasteiger partial charge >= 0.3 is 0 Å². The molecule has 2 fully saturated rings. The number of aliphatic hydroxyl groups is 1. The number of hydrogen-bond donors (Lipinski definition) is 3. The van der Waals surface area contributed by atoms with Crippen LogP contribution in [0.4, 0.5) is 5.82 Å². The Morgan fingerprint density at radius 2 is 1.67 bits per heavy atom. The van der Waals surface area contributed by atoms with Crippen molar-refractivity contribution >= 4 is 17.6 Å². The average molecular weight is 571 g/mol. The fourth-order valence-electron chi connectivity index (χ4n) is 6.72. The van der Waals surface area contributed by atoms with Gasteiger partial charge in [0.25, 0.3) is 0 Å². The number of nitrogens with two attached hydrogens (primary N) is 1. The molecule has 2 saturated carbocycles. The van der Waals surface area contributed by atoms with Crippen LogP contribution in [0.1, 0.15) is 57.4 Å². The van der Waals surface area contributed by atoms with Crippen LogP contribution in [0.2, 0.25) is 0 Å². The van der Waals surface area contributed by atoms with Crippen LogP contribution in [-0.2, 0) is 19.9 Å². The fraction of sp³-hybridized carbons (Fsp3) is 0.441. The van der Waals surface area contributed by atoms with E-state index < -0.39 is 11.1 Å². The number of nitrogens with zero attached hydrogens (tertiary/aromatic N) is 2. The molecular formula is C34H42N4O4. The van der Waals surface area contributed by atoms with Crippen molar-refractivity contribution in [2.24, 2.45) is 11.7 Å². The van der Waals surface area contributed by atoms with Gasteiger partial charge in [-0.05, 0) is 79.7 Å². The number of amides is 2. The minimum atomic E-state index is -0.710. The summed E-state index contributed by atoms with van der Waals surface area (Å²) in [5.74, 6) is 0.754. The summed E-state index contributed by atoms with van der Waals surface area (Å²) in [5.41, 5.74) is 10.3. The predicted molar refractivity (Wildman–Crippen MR) is 164 cm³/mol. The highest BCUT2D eigenvalue weighted by Crippen LogP contribution is 2.46. The number of pyridine rings is 1. The van der Waals surface area contributed by atoms with Gasteiger partial charge < -0.3 is 25.8 Å². The molecule has 2 aliphatic carbocycles. The van der Waals surface area contributed by atoms with Gasteiger partial charge in [0.1, 0.15) is 12.4 Å². The minimum Gasteiger partial charge on any atom is -0.390 e. The van der Waals surface area contributed by atoms with Crippen molar-refractivity contribution in [3.63, 3.8) is 0 Å². The first kappa shape index (κ1) is 29.9. The summed E-state index contributed by atoms with van der Waals surface area (Å²) in [6.07, 6.45) is 6.91. The molecule has 4 N–H and O–H groups in total. The Morgan fingerprint density at radius 3 is 2.29 bits per heavy atom. The van der Waals surface area contributed by atoms with Crippen molar-refractivity contribution in [1.82, 2.24) is 9.88 Å². The zero-order chi connectivity index (χ0) is 29.9. The van der Waals surface area contributed by atoms with Gasteiger partial charge in [-0.15, -0.1) is 0 Å². The summed E-state index contributed by atoms with van der Waals surface area (Å²) in [5, 5.41) is 13.2. The van der Waals surface area contributed by atoms with Crippen molar-refractivity contribution < 1.29 is 19.4 Å². The zero-order valence-electron chi connectivity index (χ0n) is 24.8. The van der Waals surface area contributed by atoms with E-state index in [4.69, 9.17) is 10.5 Å². The third-order valence-electron chi connectivity index (χ3n) is 8.92. The van der Waals surface area contributed by atoms with E-state index in [0.29, 0.717) is 25.1 Å². The molecular weight excluding hydrogens is 528 g/mol. The third-order valence-corrected chi connectivity index (χ3v) is 8.92. The Kier molecular flexibility index (Phi) is 8.78. The first-order valence-corrected chi connectivity index (χ1v) is 14.8. The molecule has 8 nitrogen and oxygen atoms in total. The molecule has 0 atom stereocenters. The Bertz CT molecular complexity index is 1390. The molecule has 0 spiro atoms. The molecule has 1 heterocycles. The molecule has 2 amide bonds. The lowest BCUT2D eigenvalue weighted by molar-refractivity contribution is -0.136. The topological polar surface area (TPSA) is 118 Å². The van der Waals surface area contributed by atoms with Crippen LogP contribution in [-0.4, -0.2) is 59.2 Å². The lowest BCUT2D eigenvalue weighted by Crippen LogP contribution is -2.58. The highest BCUT2D eigenvalue weighted by Gasteiger charge is 2.49. The Morgan fingerprint density at radius 1 is 1.02 bits per heavy atom. The van der Waals surface area contributed by atoms with E-state index in [9.17, 15) is 14.7 Å². The number of carbonyl (C=O) groups excluding carboxylic acids is 2. The molecule has 0 saturated heterocycles. The normalized spacial score (nSPS) is 25.4. The molecule has 1 aromatic heterocycles. The van der Waals surface area contributed by atoms with Crippen LogP contribution in [0.15, 0.2) is 66.9 Å². The molecule has 42 heavy (non-hydrogen) atoms. The number of ether oxygens (including phenoxy) is 1. The summed E-state index contributed by atoms with van der Waals surface area (Å²) in [7, 11) is 3.37. The molecule has 0 aliphatic heterocycles. The maximum Gasteiger partial charge on any atom is 0.248 e. The van der Waals surface area contributed by atoms with Crippen LogP contribution >= 0.6 is 0 Å². The summed E-state index contributed by atoms with van der Waals surface area (Å²) in [6, 6.07) is 20.4. The third kappa shape index (κ3) is 6.72. The highest BCUT2D eigenvalue weighted by molar-refractivity contribution is 5.92. The zero-order valence-corrected chi connectivity index (χ0v) is 24.8. The summed E-state index contributed by atoms with van der Waals surface area (Å²) in [6.45, 7) is 1.92. The van der Waals surface area contributed by atoms with Gasteiger partial charge in [-0.1, -0.05) is 54.6 Å². The van der Waals surface area contributed by atoms with Crippen LogP contribution in [0.5, 0.6) is 0 Å². The second-order valence-electron chi connectivity index (χ2n) is 12.4. The van der Waals surface area contributed by atoms with Gasteiger partial charge in [0.15, 0.2) is 0 Å². The van der Waals surface area contributed by atoms with Crippen molar-refractivity contribution in [2.75, 3.05) is 26.1 Å². The molecule has 0 bridgehead atoms. The van der Waals surface area contributed by atoms with Crippen molar-refractivity contribution in [1.29, 1.82) is 0 Å². The highest BCUT2D eigenvalue weighted by atomic mass is 16.5. The Hall–Kier alpha value is -3.59. The lowest BCUT2D eigenvalue weighted by Gasteiger charge is -2.49. The number of aromatic nitrogens is 1. The quantitative estimate of drug-likeness (QED) is 0.329. The van der Waals surface area contributed by atoms with Crippen LogP contribution in [0.3, 0.4) is 0 Å². The Balaban J connectivity index is 1.27. The summed E-state index contributed by atoms with van der Waals surface area (Å²) >= 11 is 0. The second kappa shape index (κ2) is 12.3. The van der Waals surface area contributed by atoms with E-state index in [0.717, 1.165) is 53.5 Å². The number of methoxy groups -OCH3 is 1. The smallest absolute Gasteiger partial charge is 0.248 e. The van der Waals surface area contributed by atoms with Crippen LogP contribution < -0.4 is 11.1 Å². The van der Waals surface area contributed by atoms with Crippen molar-refractivity contribution in [3.8, 4) is 22.3 Å². The molecule has 8 heteroatoms. The molecule has 222 valence electrons. The SMILES string of the molecule is COCC(=O)N(C)C1CCC(CC(=O)Nc2cc(-c3ccccc3)c(-c3ccc([C@]4(N)C[C@](C)(O)C4)cc3)cn2)CC1. The number of nitrogens with one attached hydrogen (secondary N) is 1. The fourth-order valence-corrected chi connectivity index (χ4v) is 6.72. The largest absolute Gasteiger partial charge is 0.390 e. The maximum atomic E-state index is 13.0. The van der Waals surface area contributed by atoms with Gasteiger partial charge in [-0.2, -0.15) is 0 Å². The first-order chi connectivity index (χ1) is 20.1. The van der Waals surface area contributed by atoms with Gasteiger partial charge in [-0.3, -0.25) is 9.59 Å². The standard InChI is InChI=1S/C34H42N4O4/c1-33(41)21-34(35,22-33)26-13-11-25(12-14-26)29-19-36-30(18-28(29)24-7-5-4-6-8-24)37-31(39)17-23-9-15-27(16-10-23)38(2)32(40)20-42-3/h4-8,11-14,18-19,23,27,41H,9-10,15-17,20-22,35H2,1-3H3,(H,36,37,39)/t23?,27?,33-,34-. The van der Waals surface area contributed by atoms with Gasteiger partial charge in [0.05, 0.1) is 5.60 Å². The lowest BCUT2D eigenvalue weighted by atomic mass is 9.63. The van der Waals surface area contributed by atoms with Gasteiger partial charge in [-0.25, -0.2) is 4.98 Å². The molecule has 3 aromatic rings. The minimum absolute atomic E-state index is 0.00529. The van der Waals surface area contributed by atoms with Crippen molar-refractivity contribution in [3.05, 3.63) is 72.4 Å². The van der Waals surface area contributed by atoms with E-state index in [2.05, 4.69) is 34.6 Å². The van der Waals surface area contributed by atoms with Crippen LogP contribution in [0.25, 0.3) is 22.3 Å². The van der Waals surface area contributed by atoms with E-state index in [1.807, 2.05) is 56.6 Å². The monoisotopic (exact) mass is 570 g/mol. The van der Waals surface area contributed by atoms with Gasteiger partial charge in [0.2, 0.25) is 11.8 Å². The number of benzene rings is 2. The number of anilines is 1. The molecule has 2 aromatic carbocycles. The van der Waals surface area contributed by atoms with E-state index in [1.165, 1.54) is 7.11 Å². The maximum absolute atomic E-state index is 13.0. The summed E-state index contributed by atoms with van der Waals surface area (Å²) < 4.78 is 4.98. The number of carbonyl (C=O) groups is 2. The van der Waals surface area contributed by atoms with E-state index in [1.54, 1.807) is 4.90 Å². The number of likely N-dealkylation sites (N-methyl/N-ethyl adjacent to an activating group) is 1. The first-order valence-electron chi connectivity index (χ1n) is 14.8. The molecule has 2 aliphatic rings. The van der Waals surface area contributed by atoms with Gasteiger partial charge in [0, 0.05) is 43.9 Å². The molecule has 0 unspecified atom stereocenters. The van der Waals surface area contributed by atoms with E-state index >= 15 is 0 Å². The molecule has 5 rings (SSSR count). The van der Waals surface area contributed by atoms with Crippen molar-refractivity contribution in [2.45, 2.75) is 69.1 Å². The average Bonchev–Trinajstić information content (AvgIpc) is 2.97. The second-order valence-corrected chi connectivity index (χ2v) is 12.4. The predicted octanol–water partition coefficient (Wildman–Crippen LogP) is 5.11. The van der Waals surface area contributed by atoms with E-state index in [-0.39, 0.29) is 30.4 Å². The molecule has 0 radical (unpaired) electrons. The Labute approximate surface area is 248 Å². The number of hydrogen-bond acceptors (Lipinski definition) is 6. The summed E-state index contributed by atoms with van der Waals surface area (Å²) in [4.78, 5) is 31.6. The van der Waals surface area contributed by atoms with Crippen LogP contribution in [0, 0.1) is 5.92 Å². The number of rotatable bonds is 9.